The maximum Gasteiger partial charge on any atom is 0.199 e. The minimum Gasteiger partial charge on any atom is -0.494 e. The first-order valence-electron chi connectivity index (χ1n) is 9.81. The largest absolute Gasteiger partial charge is 0.494 e. The highest BCUT2D eigenvalue weighted by Crippen LogP contribution is 2.21. The summed E-state index contributed by atoms with van der Waals surface area (Å²) >= 11 is 5.74. The van der Waals surface area contributed by atoms with Gasteiger partial charge in [-0.25, -0.2) is 9.07 Å². The van der Waals surface area contributed by atoms with Crippen LogP contribution >= 0.6 is 12.2 Å². The number of rotatable bonds is 8. The lowest BCUT2D eigenvalue weighted by molar-refractivity contribution is 0.243. The van der Waals surface area contributed by atoms with E-state index in [0.29, 0.717) is 36.1 Å². The fourth-order valence-corrected chi connectivity index (χ4v) is 3.68. The minimum atomic E-state index is -0.378. The maximum atomic E-state index is 14.0. The molecular weight excluding hydrogens is 415 g/mol. The third kappa shape index (κ3) is 4.76. The molecule has 160 valence electrons. The molecular formula is C23H23FN4O2S. The van der Waals surface area contributed by atoms with Crippen LogP contribution in [0.3, 0.4) is 0 Å². The van der Waals surface area contributed by atoms with Crippen molar-refractivity contribution in [1.82, 2.24) is 19.2 Å². The Balaban J connectivity index is 1.59. The van der Waals surface area contributed by atoms with Gasteiger partial charge in [0, 0.05) is 6.54 Å². The Morgan fingerprint density at radius 3 is 2.58 bits per heavy atom. The van der Waals surface area contributed by atoms with Gasteiger partial charge in [-0.05, 0) is 54.7 Å². The average molecular weight is 439 g/mol. The van der Waals surface area contributed by atoms with Crippen molar-refractivity contribution in [2.24, 2.45) is 0 Å². The molecule has 0 bridgehead atoms. The van der Waals surface area contributed by atoms with Gasteiger partial charge in [-0.15, -0.1) is 5.10 Å². The minimum absolute atomic E-state index is 0.233. The number of methoxy groups -OCH3 is 1. The third-order valence-corrected chi connectivity index (χ3v) is 5.32. The maximum absolute atomic E-state index is 14.0. The number of hydrogen-bond donors (Lipinski definition) is 0. The number of nitrogens with zero attached hydrogens (tertiary/aromatic N) is 4. The smallest absolute Gasteiger partial charge is 0.199 e. The highest BCUT2D eigenvalue weighted by molar-refractivity contribution is 7.71. The first-order chi connectivity index (χ1) is 15.0. The zero-order valence-corrected chi connectivity index (χ0v) is 18.2. The fourth-order valence-electron chi connectivity index (χ4n) is 3.43. The molecule has 31 heavy (non-hydrogen) atoms. The summed E-state index contributed by atoms with van der Waals surface area (Å²) in [7, 11) is 3.39. The van der Waals surface area contributed by atoms with E-state index in [-0.39, 0.29) is 11.6 Å². The SMILES string of the molecule is COc1ccc(CN(C)Cn2nc(-c3ccco3)n(Cc3ccccc3)c2=S)cc1F. The number of benzene rings is 2. The third-order valence-electron chi connectivity index (χ3n) is 4.89. The molecule has 0 aliphatic rings. The van der Waals surface area contributed by atoms with Crippen molar-refractivity contribution in [3.8, 4) is 17.3 Å². The fraction of sp³-hybridized carbons (Fsp3) is 0.217. The Morgan fingerprint density at radius 1 is 1.10 bits per heavy atom. The number of aromatic nitrogens is 3. The average Bonchev–Trinajstić information content (AvgIpc) is 3.39. The normalized spacial score (nSPS) is 11.2. The van der Waals surface area contributed by atoms with Gasteiger partial charge in [0.15, 0.2) is 27.9 Å². The Hall–Kier alpha value is -3.23. The van der Waals surface area contributed by atoms with Gasteiger partial charge < -0.3 is 9.15 Å². The van der Waals surface area contributed by atoms with Crippen LogP contribution in [0.1, 0.15) is 11.1 Å². The Bertz CT molecular complexity index is 1200. The summed E-state index contributed by atoms with van der Waals surface area (Å²) in [5.74, 6) is 1.18. The summed E-state index contributed by atoms with van der Waals surface area (Å²) in [6.07, 6.45) is 1.62. The Morgan fingerprint density at radius 2 is 1.90 bits per heavy atom. The van der Waals surface area contributed by atoms with Crippen LogP contribution in [0.25, 0.3) is 11.6 Å². The summed E-state index contributed by atoms with van der Waals surface area (Å²) in [5.41, 5.74) is 1.95. The van der Waals surface area contributed by atoms with Crippen molar-refractivity contribution in [2.75, 3.05) is 14.2 Å². The zero-order chi connectivity index (χ0) is 21.8. The molecule has 4 aromatic rings. The second kappa shape index (κ2) is 9.28. The van der Waals surface area contributed by atoms with Gasteiger partial charge in [0.2, 0.25) is 0 Å². The summed E-state index contributed by atoms with van der Waals surface area (Å²) in [6, 6.07) is 18.7. The van der Waals surface area contributed by atoms with Gasteiger partial charge in [-0.1, -0.05) is 36.4 Å². The molecule has 2 heterocycles. The molecule has 6 nitrogen and oxygen atoms in total. The second-order valence-electron chi connectivity index (χ2n) is 7.28. The molecule has 0 aliphatic heterocycles. The van der Waals surface area contributed by atoms with Crippen LogP contribution in [-0.4, -0.2) is 33.4 Å². The van der Waals surface area contributed by atoms with E-state index in [9.17, 15) is 4.39 Å². The van der Waals surface area contributed by atoms with E-state index in [2.05, 4.69) is 12.1 Å². The van der Waals surface area contributed by atoms with E-state index >= 15 is 0 Å². The van der Waals surface area contributed by atoms with Crippen LogP contribution in [-0.2, 0) is 19.8 Å². The number of furan rings is 1. The van der Waals surface area contributed by atoms with Crippen LogP contribution in [0.2, 0.25) is 0 Å². The molecule has 0 atom stereocenters. The first kappa shape index (κ1) is 21.0. The van der Waals surface area contributed by atoms with Crippen LogP contribution in [0.4, 0.5) is 4.39 Å². The summed E-state index contributed by atoms with van der Waals surface area (Å²) in [5, 5.41) is 4.72. The molecule has 8 heteroatoms. The molecule has 0 aliphatic carbocycles. The second-order valence-corrected chi connectivity index (χ2v) is 7.64. The standard InChI is InChI=1S/C23H23FN4O2S/c1-26(14-18-10-11-20(29-2)19(24)13-18)16-28-23(31)27(15-17-7-4-3-5-8-17)22(25-28)21-9-6-12-30-21/h3-13H,14-16H2,1-2H3. The van der Waals surface area contributed by atoms with Gasteiger partial charge in [0.05, 0.1) is 26.6 Å². The van der Waals surface area contributed by atoms with Crippen LogP contribution < -0.4 is 4.74 Å². The topological polar surface area (TPSA) is 48.4 Å². The molecule has 0 saturated heterocycles. The molecule has 0 fully saturated rings. The number of halogens is 1. The lowest BCUT2D eigenvalue weighted by atomic mass is 10.2. The van der Waals surface area contributed by atoms with Crippen LogP contribution in [0.15, 0.2) is 71.3 Å². The summed E-state index contributed by atoms with van der Waals surface area (Å²) in [4.78, 5) is 2.02. The van der Waals surface area contributed by atoms with Crippen molar-refractivity contribution in [3.63, 3.8) is 0 Å². The summed E-state index contributed by atoms with van der Waals surface area (Å²) in [6.45, 7) is 1.56. The lowest BCUT2D eigenvalue weighted by Crippen LogP contribution is -2.22. The van der Waals surface area contributed by atoms with Gasteiger partial charge in [-0.3, -0.25) is 9.47 Å². The molecule has 0 amide bonds. The first-order valence-corrected chi connectivity index (χ1v) is 10.2. The molecule has 2 aromatic carbocycles. The predicted molar refractivity (Wildman–Crippen MR) is 119 cm³/mol. The molecule has 0 saturated carbocycles. The predicted octanol–water partition coefficient (Wildman–Crippen LogP) is 4.96. The van der Waals surface area contributed by atoms with E-state index in [1.54, 1.807) is 17.0 Å². The number of ether oxygens (including phenoxy) is 1. The van der Waals surface area contributed by atoms with Crippen molar-refractivity contribution in [3.05, 3.63) is 88.6 Å². The van der Waals surface area contributed by atoms with Gasteiger partial charge in [0.25, 0.3) is 0 Å². The van der Waals surface area contributed by atoms with Crippen LogP contribution in [0, 0.1) is 10.6 Å². The Kier molecular flexibility index (Phi) is 6.29. The van der Waals surface area contributed by atoms with E-state index in [1.165, 1.54) is 13.2 Å². The Labute approximate surface area is 185 Å². The zero-order valence-electron chi connectivity index (χ0n) is 17.4. The molecule has 0 radical (unpaired) electrons. The van der Waals surface area contributed by atoms with E-state index < -0.39 is 0 Å². The highest BCUT2D eigenvalue weighted by Gasteiger charge is 2.16. The van der Waals surface area contributed by atoms with E-state index in [4.69, 9.17) is 26.5 Å². The summed E-state index contributed by atoms with van der Waals surface area (Å²) < 4.78 is 28.9. The molecule has 0 N–H and O–H groups in total. The molecule has 4 rings (SSSR count). The lowest BCUT2D eigenvalue weighted by Gasteiger charge is -2.17. The van der Waals surface area contributed by atoms with Crippen molar-refractivity contribution < 1.29 is 13.5 Å². The molecule has 0 spiro atoms. The molecule has 2 aromatic heterocycles. The van der Waals surface area contributed by atoms with Crippen molar-refractivity contribution in [2.45, 2.75) is 19.8 Å². The van der Waals surface area contributed by atoms with Gasteiger partial charge in [-0.2, -0.15) is 0 Å². The van der Waals surface area contributed by atoms with Crippen molar-refractivity contribution in [1.29, 1.82) is 0 Å². The van der Waals surface area contributed by atoms with Crippen molar-refractivity contribution >= 4 is 12.2 Å². The number of hydrogen-bond acceptors (Lipinski definition) is 5. The van der Waals surface area contributed by atoms with Gasteiger partial charge >= 0.3 is 0 Å². The van der Waals surface area contributed by atoms with E-state index in [0.717, 1.165) is 11.1 Å². The molecule has 0 unspecified atom stereocenters. The quantitative estimate of drug-likeness (QED) is 0.364. The van der Waals surface area contributed by atoms with Crippen LogP contribution in [0.5, 0.6) is 5.75 Å². The van der Waals surface area contributed by atoms with E-state index in [1.807, 2.05) is 52.9 Å². The highest BCUT2D eigenvalue weighted by atomic mass is 32.1. The monoisotopic (exact) mass is 438 g/mol. The van der Waals surface area contributed by atoms with Gasteiger partial charge in [0.1, 0.15) is 0 Å².